The van der Waals surface area contributed by atoms with Crippen molar-refractivity contribution in [3.8, 4) is 0 Å². The van der Waals surface area contributed by atoms with Gasteiger partial charge in [0.05, 0.1) is 0 Å². The normalized spacial score (nSPS) is 12.3. The fourth-order valence-corrected chi connectivity index (χ4v) is 1.80. The highest BCUT2D eigenvalue weighted by Gasteiger charge is 2.14. The molecule has 80 valence electrons. The van der Waals surface area contributed by atoms with E-state index in [4.69, 9.17) is 5.73 Å². The average molecular weight is 206 g/mol. The number of H-pyrrole nitrogens is 1. The van der Waals surface area contributed by atoms with Gasteiger partial charge < -0.3 is 10.7 Å². The molecule has 2 nitrogen and oxygen atoms in total. The van der Waals surface area contributed by atoms with E-state index in [1.165, 1.54) is 12.1 Å². The SMILES string of the molecule is CC(C)(N)Cc1c[nH]c2cc(F)ccc12. The van der Waals surface area contributed by atoms with Crippen LogP contribution in [-0.4, -0.2) is 10.5 Å². The zero-order valence-electron chi connectivity index (χ0n) is 8.97. The number of aromatic nitrogens is 1. The molecule has 0 saturated heterocycles. The molecule has 0 unspecified atom stereocenters. The van der Waals surface area contributed by atoms with Gasteiger partial charge in [-0.25, -0.2) is 4.39 Å². The van der Waals surface area contributed by atoms with Crippen molar-refractivity contribution in [1.29, 1.82) is 0 Å². The minimum Gasteiger partial charge on any atom is -0.361 e. The Labute approximate surface area is 88.3 Å². The third kappa shape index (κ3) is 2.18. The van der Waals surface area contributed by atoms with Crippen LogP contribution in [0, 0.1) is 5.82 Å². The second-order valence-corrected chi connectivity index (χ2v) is 4.67. The Balaban J connectivity index is 2.45. The molecule has 0 aliphatic heterocycles. The van der Waals surface area contributed by atoms with E-state index in [1.54, 1.807) is 6.07 Å². The van der Waals surface area contributed by atoms with E-state index in [-0.39, 0.29) is 11.4 Å². The van der Waals surface area contributed by atoms with Gasteiger partial charge in [0, 0.05) is 22.6 Å². The van der Waals surface area contributed by atoms with Crippen LogP contribution in [-0.2, 0) is 6.42 Å². The average Bonchev–Trinajstić information content (AvgIpc) is 2.45. The van der Waals surface area contributed by atoms with Crippen molar-refractivity contribution in [2.75, 3.05) is 0 Å². The van der Waals surface area contributed by atoms with Crippen LogP contribution in [0.25, 0.3) is 10.9 Å². The van der Waals surface area contributed by atoms with Gasteiger partial charge in [-0.2, -0.15) is 0 Å². The maximum absolute atomic E-state index is 12.9. The van der Waals surface area contributed by atoms with Gasteiger partial charge in [0.25, 0.3) is 0 Å². The van der Waals surface area contributed by atoms with Crippen LogP contribution < -0.4 is 5.73 Å². The summed E-state index contributed by atoms with van der Waals surface area (Å²) < 4.78 is 12.9. The number of hydrogen-bond acceptors (Lipinski definition) is 1. The summed E-state index contributed by atoms with van der Waals surface area (Å²) in [6.07, 6.45) is 2.68. The van der Waals surface area contributed by atoms with Crippen molar-refractivity contribution in [3.63, 3.8) is 0 Å². The smallest absolute Gasteiger partial charge is 0.125 e. The fraction of sp³-hybridized carbons (Fsp3) is 0.333. The molecule has 1 heterocycles. The molecule has 0 spiro atoms. The third-order valence-electron chi connectivity index (χ3n) is 2.38. The quantitative estimate of drug-likeness (QED) is 0.779. The van der Waals surface area contributed by atoms with E-state index >= 15 is 0 Å². The zero-order chi connectivity index (χ0) is 11.1. The second kappa shape index (κ2) is 3.35. The molecule has 0 radical (unpaired) electrons. The van der Waals surface area contributed by atoms with Gasteiger partial charge >= 0.3 is 0 Å². The monoisotopic (exact) mass is 206 g/mol. The van der Waals surface area contributed by atoms with Crippen LogP contribution >= 0.6 is 0 Å². The molecule has 2 aromatic rings. The minimum absolute atomic E-state index is 0.220. The summed E-state index contributed by atoms with van der Waals surface area (Å²) >= 11 is 0. The van der Waals surface area contributed by atoms with Gasteiger partial charge in [0.15, 0.2) is 0 Å². The van der Waals surface area contributed by atoms with E-state index in [9.17, 15) is 4.39 Å². The zero-order valence-corrected chi connectivity index (χ0v) is 8.97. The van der Waals surface area contributed by atoms with E-state index in [2.05, 4.69) is 4.98 Å². The lowest BCUT2D eigenvalue weighted by atomic mass is 9.96. The lowest BCUT2D eigenvalue weighted by Crippen LogP contribution is -2.34. The van der Waals surface area contributed by atoms with Crippen LogP contribution in [0.4, 0.5) is 4.39 Å². The number of benzene rings is 1. The van der Waals surface area contributed by atoms with Gasteiger partial charge in [-0.1, -0.05) is 0 Å². The molecular formula is C12H15FN2. The molecule has 0 aliphatic carbocycles. The summed E-state index contributed by atoms with van der Waals surface area (Å²) in [5.41, 5.74) is 7.68. The van der Waals surface area contributed by atoms with Crippen LogP contribution in [0.15, 0.2) is 24.4 Å². The van der Waals surface area contributed by atoms with E-state index in [0.29, 0.717) is 0 Å². The van der Waals surface area contributed by atoms with Crippen LogP contribution in [0.1, 0.15) is 19.4 Å². The first-order chi connectivity index (χ1) is 6.96. The summed E-state index contributed by atoms with van der Waals surface area (Å²) in [5, 5.41) is 1.05. The van der Waals surface area contributed by atoms with Gasteiger partial charge in [0.2, 0.25) is 0 Å². The lowest BCUT2D eigenvalue weighted by molar-refractivity contribution is 0.518. The molecule has 2 rings (SSSR count). The van der Waals surface area contributed by atoms with Crippen LogP contribution in [0.3, 0.4) is 0 Å². The summed E-state index contributed by atoms with van der Waals surface area (Å²) in [7, 11) is 0. The number of nitrogens with two attached hydrogens (primary N) is 1. The topological polar surface area (TPSA) is 41.8 Å². The minimum atomic E-state index is -0.247. The summed E-state index contributed by atoms with van der Waals surface area (Å²) in [6, 6.07) is 4.77. The molecule has 0 aliphatic rings. The highest BCUT2D eigenvalue weighted by molar-refractivity contribution is 5.83. The highest BCUT2D eigenvalue weighted by atomic mass is 19.1. The van der Waals surface area contributed by atoms with Crippen LogP contribution in [0.5, 0.6) is 0 Å². The summed E-state index contributed by atoms with van der Waals surface area (Å²) in [6.45, 7) is 3.96. The lowest BCUT2D eigenvalue weighted by Gasteiger charge is -2.17. The number of hydrogen-bond donors (Lipinski definition) is 2. The Morgan fingerprint density at radius 1 is 1.40 bits per heavy atom. The number of fused-ring (bicyclic) bond motifs is 1. The van der Waals surface area contributed by atoms with E-state index in [0.717, 1.165) is 22.9 Å². The molecule has 3 N–H and O–H groups in total. The molecule has 15 heavy (non-hydrogen) atoms. The third-order valence-corrected chi connectivity index (χ3v) is 2.38. The van der Waals surface area contributed by atoms with Gasteiger partial charge in [-0.15, -0.1) is 0 Å². The predicted octanol–water partition coefficient (Wildman–Crippen LogP) is 2.59. The summed E-state index contributed by atoms with van der Waals surface area (Å²) in [5.74, 6) is -0.220. The Hall–Kier alpha value is -1.35. The molecule has 0 bridgehead atoms. The maximum atomic E-state index is 12.9. The van der Waals surface area contributed by atoms with Crippen molar-refractivity contribution < 1.29 is 4.39 Å². The fourth-order valence-electron chi connectivity index (χ4n) is 1.80. The van der Waals surface area contributed by atoms with Crippen LogP contribution in [0.2, 0.25) is 0 Å². The first-order valence-electron chi connectivity index (χ1n) is 5.00. The standard InChI is InChI=1S/C12H15FN2/c1-12(2,14)6-8-7-15-11-5-9(13)3-4-10(8)11/h3-5,7,15H,6,14H2,1-2H3. The van der Waals surface area contributed by atoms with Crippen molar-refractivity contribution in [3.05, 3.63) is 35.8 Å². The van der Waals surface area contributed by atoms with E-state index in [1.807, 2.05) is 20.0 Å². The number of aromatic amines is 1. The van der Waals surface area contributed by atoms with Gasteiger partial charge in [-0.05, 0) is 44.0 Å². The van der Waals surface area contributed by atoms with Gasteiger partial charge in [-0.3, -0.25) is 0 Å². The Morgan fingerprint density at radius 3 is 2.80 bits per heavy atom. The number of rotatable bonds is 2. The second-order valence-electron chi connectivity index (χ2n) is 4.67. The molecule has 0 saturated carbocycles. The van der Waals surface area contributed by atoms with Crippen molar-refractivity contribution in [1.82, 2.24) is 4.98 Å². The van der Waals surface area contributed by atoms with Crippen molar-refractivity contribution in [2.24, 2.45) is 5.73 Å². The first-order valence-corrected chi connectivity index (χ1v) is 5.00. The molecule has 1 aromatic heterocycles. The van der Waals surface area contributed by atoms with E-state index < -0.39 is 0 Å². The molecule has 3 heteroatoms. The predicted molar refractivity (Wildman–Crippen MR) is 60.2 cm³/mol. The largest absolute Gasteiger partial charge is 0.361 e. The Morgan fingerprint density at radius 2 is 2.13 bits per heavy atom. The Bertz CT molecular complexity index is 480. The molecule has 1 aromatic carbocycles. The first kappa shape index (κ1) is 10.2. The Kier molecular flexibility index (Phi) is 2.27. The maximum Gasteiger partial charge on any atom is 0.125 e. The number of nitrogens with one attached hydrogen (secondary N) is 1. The van der Waals surface area contributed by atoms with Crippen molar-refractivity contribution in [2.45, 2.75) is 25.8 Å². The molecule has 0 atom stereocenters. The molecule has 0 amide bonds. The highest BCUT2D eigenvalue weighted by Crippen LogP contribution is 2.22. The summed E-state index contributed by atoms with van der Waals surface area (Å²) in [4.78, 5) is 3.06. The molecule has 0 fully saturated rings. The number of halogens is 1. The molecular weight excluding hydrogens is 191 g/mol. The van der Waals surface area contributed by atoms with Crippen molar-refractivity contribution >= 4 is 10.9 Å². The van der Waals surface area contributed by atoms with Gasteiger partial charge in [0.1, 0.15) is 5.82 Å².